The Hall–Kier alpha value is -3.74. The molecule has 2 aromatic heterocycles. The molecule has 4 aromatic rings. The number of benzene rings is 2. The van der Waals surface area contributed by atoms with Crippen LogP contribution in [0.4, 0.5) is 0 Å². The van der Waals surface area contributed by atoms with Gasteiger partial charge in [0.25, 0.3) is 0 Å². The summed E-state index contributed by atoms with van der Waals surface area (Å²) in [6.45, 7) is 0. The number of carbonyl (C=O) groups is 1. The van der Waals surface area contributed by atoms with Gasteiger partial charge in [0.2, 0.25) is 5.49 Å². The average molecular weight is 332 g/mol. The lowest BCUT2D eigenvalue weighted by Crippen LogP contribution is -2.07. The summed E-state index contributed by atoms with van der Waals surface area (Å²) in [5.74, 6) is -1.16. The highest BCUT2D eigenvalue weighted by Crippen LogP contribution is 2.25. The van der Waals surface area contributed by atoms with Gasteiger partial charge in [-0.2, -0.15) is 5.10 Å². The molecule has 122 valence electrons. The molecular weight excluding hydrogens is 320 g/mol. The molecule has 2 N–H and O–H groups in total. The summed E-state index contributed by atoms with van der Waals surface area (Å²) in [6.07, 6.45) is 0. The van der Waals surface area contributed by atoms with Crippen LogP contribution in [0.2, 0.25) is 0 Å². The van der Waals surface area contributed by atoms with Crippen molar-refractivity contribution in [1.29, 1.82) is 0 Å². The Kier molecular flexibility index (Phi) is 3.39. The molecular formula is C18H12N4O3. The maximum absolute atomic E-state index is 11.3. The fourth-order valence-corrected chi connectivity index (χ4v) is 2.80. The first kappa shape index (κ1) is 14.8. The van der Waals surface area contributed by atoms with Crippen molar-refractivity contribution in [2.75, 3.05) is 0 Å². The van der Waals surface area contributed by atoms with E-state index in [1.165, 1.54) is 10.6 Å². The van der Waals surface area contributed by atoms with Gasteiger partial charge in [-0.05, 0) is 6.07 Å². The number of para-hydroxylation sites is 1. The van der Waals surface area contributed by atoms with Crippen molar-refractivity contribution in [1.82, 2.24) is 14.6 Å². The number of rotatable bonds is 2. The summed E-state index contributed by atoms with van der Waals surface area (Å²) in [6, 6.07) is 18.2. The predicted molar refractivity (Wildman–Crippen MR) is 90.2 cm³/mol. The Morgan fingerprint density at radius 2 is 1.72 bits per heavy atom. The molecule has 4 rings (SSSR count). The number of nitrogens with zero attached hydrogens (tertiary/aromatic N) is 4. The van der Waals surface area contributed by atoms with Gasteiger partial charge >= 0.3 is 5.97 Å². The van der Waals surface area contributed by atoms with E-state index in [1.54, 1.807) is 0 Å². The fraction of sp³-hybridized carbons (Fsp3) is 0. The third kappa shape index (κ3) is 2.38. The molecule has 7 nitrogen and oxygen atoms in total. The van der Waals surface area contributed by atoms with Crippen molar-refractivity contribution < 1.29 is 15.1 Å². The van der Waals surface area contributed by atoms with E-state index >= 15 is 0 Å². The van der Waals surface area contributed by atoms with Gasteiger partial charge in [0.05, 0.1) is 11.2 Å². The highest BCUT2D eigenvalue weighted by atomic mass is 16.4. The third-order valence-electron chi connectivity index (χ3n) is 3.90. The number of hydrogen-bond donors (Lipinski definition) is 2. The van der Waals surface area contributed by atoms with Crippen molar-refractivity contribution in [2.24, 2.45) is 5.16 Å². The molecule has 0 spiro atoms. The Morgan fingerprint density at radius 3 is 2.44 bits per heavy atom. The van der Waals surface area contributed by atoms with Gasteiger partial charge in [-0.3, -0.25) is 0 Å². The lowest BCUT2D eigenvalue weighted by atomic mass is 10.1. The lowest BCUT2D eigenvalue weighted by Gasteiger charge is -2.01. The number of fused-ring (bicyclic) bond motifs is 3. The van der Waals surface area contributed by atoms with Gasteiger partial charge in [-0.25, -0.2) is 14.3 Å². The van der Waals surface area contributed by atoms with Gasteiger partial charge in [-0.15, -0.1) is 0 Å². The highest BCUT2D eigenvalue weighted by molar-refractivity contribution is 5.94. The lowest BCUT2D eigenvalue weighted by molar-refractivity contribution is 0.0690. The SMILES string of the molecule is O=C(O)c1cc2c(=NO)nc(-c3ccccc3)c3ccccc3n2n1. The van der Waals surface area contributed by atoms with E-state index in [0.717, 1.165) is 10.9 Å². The predicted octanol–water partition coefficient (Wildman–Crippen LogP) is 2.54. The number of aromatic carboxylic acids is 1. The zero-order valence-electron chi connectivity index (χ0n) is 12.9. The summed E-state index contributed by atoms with van der Waals surface area (Å²) < 4.78 is 1.44. The monoisotopic (exact) mass is 332 g/mol. The van der Waals surface area contributed by atoms with Crippen molar-refractivity contribution in [2.45, 2.75) is 0 Å². The second-order valence-electron chi connectivity index (χ2n) is 5.40. The van der Waals surface area contributed by atoms with Crippen molar-refractivity contribution in [3.8, 4) is 11.3 Å². The summed E-state index contributed by atoms with van der Waals surface area (Å²) in [5, 5.41) is 26.8. The van der Waals surface area contributed by atoms with Crippen LogP contribution in [0.1, 0.15) is 10.5 Å². The van der Waals surface area contributed by atoms with E-state index in [4.69, 9.17) is 0 Å². The second kappa shape index (κ2) is 5.72. The van der Waals surface area contributed by atoms with Crippen LogP contribution in [-0.2, 0) is 0 Å². The van der Waals surface area contributed by atoms with Crippen LogP contribution in [0.15, 0.2) is 65.8 Å². The number of hydrogen-bond acceptors (Lipinski definition) is 5. The normalized spacial score (nSPS) is 11.9. The van der Waals surface area contributed by atoms with Gasteiger partial charge in [0, 0.05) is 17.0 Å². The van der Waals surface area contributed by atoms with Crippen LogP contribution in [0.5, 0.6) is 0 Å². The molecule has 0 radical (unpaired) electrons. The minimum atomic E-state index is -1.16. The Morgan fingerprint density at radius 1 is 1.00 bits per heavy atom. The molecule has 0 saturated carbocycles. The number of carboxylic acids is 1. The number of carboxylic acid groups (broad SMARTS) is 1. The van der Waals surface area contributed by atoms with Gasteiger partial charge in [-0.1, -0.05) is 53.7 Å². The standard InChI is InChI=1S/C18H12N4O3/c23-18(24)13-10-15-17(21-25)19-16(11-6-2-1-3-7-11)12-8-4-5-9-14(12)22(15)20-13/h1-10,25H,(H,23,24). The van der Waals surface area contributed by atoms with Crippen LogP contribution < -0.4 is 5.49 Å². The molecule has 0 aliphatic rings. The van der Waals surface area contributed by atoms with E-state index in [2.05, 4.69) is 15.2 Å². The number of aromatic nitrogens is 3. The molecule has 25 heavy (non-hydrogen) atoms. The van der Waals surface area contributed by atoms with E-state index in [0.29, 0.717) is 16.7 Å². The quantitative estimate of drug-likeness (QED) is 0.434. The summed E-state index contributed by atoms with van der Waals surface area (Å²) in [7, 11) is 0. The first-order valence-electron chi connectivity index (χ1n) is 7.48. The minimum Gasteiger partial charge on any atom is -0.476 e. The molecule has 2 heterocycles. The largest absolute Gasteiger partial charge is 0.476 e. The molecule has 0 bridgehead atoms. The molecule has 0 atom stereocenters. The van der Waals surface area contributed by atoms with Gasteiger partial charge in [0.15, 0.2) is 5.69 Å². The fourth-order valence-electron chi connectivity index (χ4n) is 2.80. The van der Waals surface area contributed by atoms with Crippen LogP contribution >= 0.6 is 0 Å². The second-order valence-corrected chi connectivity index (χ2v) is 5.40. The molecule has 0 aliphatic carbocycles. The maximum atomic E-state index is 11.3. The summed E-state index contributed by atoms with van der Waals surface area (Å²) in [5.41, 5.74) is 2.27. The van der Waals surface area contributed by atoms with E-state index in [9.17, 15) is 15.1 Å². The third-order valence-corrected chi connectivity index (χ3v) is 3.90. The zero-order valence-corrected chi connectivity index (χ0v) is 12.9. The minimum absolute atomic E-state index is 0.00458. The van der Waals surface area contributed by atoms with E-state index < -0.39 is 5.97 Å². The van der Waals surface area contributed by atoms with Crippen LogP contribution in [0.25, 0.3) is 27.7 Å². The maximum Gasteiger partial charge on any atom is 0.356 e. The zero-order chi connectivity index (χ0) is 17.4. The van der Waals surface area contributed by atoms with E-state index in [-0.39, 0.29) is 11.2 Å². The molecule has 0 fully saturated rings. The molecule has 0 aliphatic heterocycles. The molecule has 0 amide bonds. The highest BCUT2D eigenvalue weighted by Gasteiger charge is 2.15. The molecule has 7 heteroatoms. The Balaban J connectivity index is 2.26. The summed E-state index contributed by atoms with van der Waals surface area (Å²) >= 11 is 0. The van der Waals surface area contributed by atoms with Gasteiger partial charge in [0.1, 0.15) is 5.52 Å². The Bertz CT molecular complexity index is 1180. The van der Waals surface area contributed by atoms with Crippen LogP contribution in [0, 0.1) is 0 Å². The van der Waals surface area contributed by atoms with Gasteiger partial charge < -0.3 is 10.3 Å². The molecule has 0 unspecified atom stereocenters. The smallest absolute Gasteiger partial charge is 0.356 e. The average Bonchev–Trinajstić information content (AvgIpc) is 3.04. The van der Waals surface area contributed by atoms with Crippen molar-refractivity contribution in [3.63, 3.8) is 0 Å². The van der Waals surface area contributed by atoms with E-state index in [1.807, 2.05) is 54.6 Å². The van der Waals surface area contributed by atoms with Crippen molar-refractivity contribution in [3.05, 3.63) is 71.8 Å². The first-order valence-corrected chi connectivity index (χ1v) is 7.48. The Labute approximate surface area is 141 Å². The molecule has 2 aromatic carbocycles. The molecule has 0 saturated heterocycles. The topological polar surface area (TPSA) is 100 Å². The summed E-state index contributed by atoms with van der Waals surface area (Å²) in [4.78, 5) is 15.8. The van der Waals surface area contributed by atoms with Crippen molar-refractivity contribution >= 4 is 22.4 Å². The first-order chi connectivity index (χ1) is 12.2. The van der Waals surface area contributed by atoms with Crippen LogP contribution in [-0.4, -0.2) is 30.9 Å². The van der Waals surface area contributed by atoms with Crippen LogP contribution in [0.3, 0.4) is 0 Å².